The van der Waals surface area contributed by atoms with E-state index in [0.717, 1.165) is 30.6 Å². The summed E-state index contributed by atoms with van der Waals surface area (Å²) in [5.41, 5.74) is 0.975. The van der Waals surface area contributed by atoms with Crippen molar-refractivity contribution in [2.75, 3.05) is 33.5 Å². The Hall–Kier alpha value is -1.79. The maximum absolute atomic E-state index is 12.3. The molecule has 6 nitrogen and oxygen atoms in total. The van der Waals surface area contributed by atoms with E-state index >= 15 is 0 Å². The largest absolute Gasteiger partial charge is 0.493 e. The van der Waals surface area contributed by atoms with Crippen LogP contribution in [0.25, 0.3) is 0 Å². The van der Waals surface area contributed by atoms with Gasteiger partial charge in [-0.05, 0) is 31.0 Å². The highest BCUT2D eigenvalue weighted by Gasteiger charge is 2.23. The Morgan fingerprint density at radius 1 is 1.40 bits per heavy atom. The van der Waals surface area contributed by atoms with Gasteiger partial charge >= 0.3 is 0 Å². The molecule has 1 saturated heterocycles. The third kappa shape index (κ3) is 5.90. The number of ether oxygens (including phenoxy) is 3. The van der Waals surface area contributed by atoms with Gasteiger partial charge in [0.1, 0.15) is 6.04 Å². The lowest BCUT2D eigenvalue weighted by atomic mass is 10.1. The summed E-state index contributed by atoms with van der Waals surface area (Å²) < 4.78 is 16.6. The normalized spacial score (nSPS) is 18.4. The summed E-state index contributed by atoms with van der Waals surface area (Å²) in [6, 6.07) is 5.38. The van der Waals surface area contributed by atoms with Crippen LogP contribution in [0.4, 0.5) is 0 Å². The van der Waals surface area contributed by atoms with Crippen LogP contribution in [0.2, 0.25) is 0 Å². The van der Waals surface area contributed by atoms with Crippen LogP contribution in [-0.4, -0.2) is 45.4 Å². The van der Waals surface area contributed by atoms with Crippen molar-refractivity contribution >= 4 is 5.91 Å². The lowest BCUT2D eigenvalue weighted by Gasteiger charge is -2.25. The summed E-state index contributed by atoms with van der Waals surface area (Å²) >= 11 is 0. The zero-order valence-corrected chi connectivity index (χ0v) is 15.5. The second-order valence-corrected chi connectivity index (χ2v) is 6.28. The van der Waals surface area contributed by atoms with Crippen LogP contribution >= 0.6 is 0 Å². The summed E-state index contributed by atoms with van der Waals surface area (Å²) in [6.45, 7) is 6.56. The van der Waals surface area contributed by atoms with Gasteiger partial charge in [-0.25, -0.2) is 0 Å². The van der Waals surface area contributed by atoms with Gasteiger partial charge in [-0.2, -0.15) is 0 Å². The van der Waals surface area contributed by atoms with E-state index in [1.54, 1.807) is 7.11 Å². The Balaban J connectivity index is 1.94. The highest BCUT2D eigenvalue weighted by molar-refractivity contribution is 5.82. The minimum absolute atomic E-state index is 0.0499. The second kappa shape index (κ2) is 10.3. The molecule has 2 atom stereocenters. The molecular weight excluding hydrogens is 320 g/mol. The maximum Gasteiger partial charge on any atom is 0.240 e. The van der Waals surface area contributed by atoms with Crippen LogP contribution in [0.5, 0.6) is 11.5 Å². The number of hydrogen-bond acceptors (Lipinski definition) is 5. The molecule has 1 aromatic carbocycles. The third-order valence-corrected chi connectivity index (χ3v) is 4.29. The van der Waals surface area contributed by atoms with Gasteiger partial charge in [0, 0.05) is 6.54 Å². The first-order valence-corrected chi connectivity index (χ1v) is 9.08. The average Bonchev–Trinajstić information content (AvgIpc) is 2.65. The molecule has 2 N–H and O–H groups in total. The lowest BCUT2D eigenvalue weighted by Crippen LogP contribution is -2.51. The van der Waals surface area contributed by atoms with Gasteiger partial charge < -0.3 is 24.8 Å². The highest BCUT2D eigenvalue weighted by atomic mass is 16.5. The van der Waals surface area contributed by atoms with Crippen LogP contribution in [0.15, 0.2) is 18.2 Å². The predicted octanol–water partition coefficient (Wildman–Crippen LogP) is 2.43. The molecule has 6 heteroatoms. The molecule has 1 fully saturated rings. The minimum Gasteiger partial charge on any atom is -0.493 e. The zero-order chi connectivity index (χ0) is 18.1. The van der Waals surface area contributed by atoms with Crippen molar-refractivity contribution in [3.8, 4) is 11.5 Å². The maximum atomic E-state index is 12.3. The van der Waals surface area contributed by atoms with Crippen LogP contribution in [0.1, 0.15) is 44.7 Å². The molecule has 25 heavy (non-hydrogen) atoms. The van der Waals surface area contributed by atoms with Crippen molar-refractivity contribution in [1.82, 2.24) is 10.6 Å². The standard InChI is InChI=1S/C19H30N2O4/c1-4-5-6-10-25-17-8-7-15(12-18(17)23-3)14(2)21-19(22)16-13-24-11-9-20-16/h7-8,12,14,16,20H,4-6,9-11,13H2,1-3H3,(H,21,22). The molecule has 1 aliphatic heterocycles. The molecule has 0 saturated carbocycles. The first-order chi connectivity index (χ1) is 12.2. The van der Waals surface area contributed by atoms with E-state index in [4.69, 9.17) is 14.2 Å². The van der Waals surface area contributed by atoms with Crippen molar-refractivity contribution in [1.29, 1.82) is 0 Å². The highest BCUT2D eigenvalue weighted by Crippen LogP contribution is 2.30. The fourth-order valence-electron chi connectivity index (χ4n) is 2.74. The molecule has 0 radical (unpaired) electrons. The van der Waals surface area contributed by atoms with Crippen molar-refractivity contribution in [2.45, 2.75) is 45.2 Å². The van der Waals surface area contributed by atoms with Gasteiger partial charge in [-0.15, -0.1) is 0 Å². The predicted molar refractivity (Wildman–Crippen MR) is 97.2 cm³/mol. The van der Waals surface area contributed by atoms with Gasteiger partial charge in [0.25, 0.3) is 0 Å². The monoisotopic (exact) mass is 350 g/mol. The van der Waals surface area contributed by atoms with E-state index in [1.165, 1.54) is 0 Å². The Labute approximate surface area is 150 Å². The Morgan fingerprint density at radius 2 is 2.24 bits per heavy atom. The van der Waals surface area contributed by atoms with Gasteiger partial charge in [0.2, 0.25) is 5.91 Å². The fraction of sp³-hybridized carbons (Fsp3) is 0.632. The Bertz CT molecular complexity index is 544. The second-order valence-electron chi connectivity index (χ2n) is 6.28. The molecule has 0 bridgehead atoms. The van der Waals surface area contributed by atoms with Crippen LogP contribution < -0.4 is 20.1 Å². The number of carbonyl (C=O) groups is 1. The molecular formula is C19H30N2O4. The van der Waals surface area contributed by atoms with Crippen molar-refractivity contribution < 1.29 is 19.0 Å². The topological polar surface area (TPSA) is 68.8 Å². The number of nitrogens with one attached hydrogen (secondary N) is 2. The molecule has 1 amide bonds. The molecule has 140 valence electrons. The molecule has 1 aliphatic rings. The number of benzene rings is 1. The first kappa shape index (κ1) is 19.5. The van der Waals surface area contributed by atoms with Crippen LogP contribution in [0, 0.1) is 0 Å². The van der Waals surface area contributed by atoms with Gasteiger partial charge in [-0.3, -0.25) is 4.79 Å². The van der Waals surface area contributed by atoms with Gasteiger partial charge in [0.15, 0.2) is 11.5 Å². The van der Waals surface area contributed by atoms with E-state index in [1.807, 2.05) is 25.1 Å². The third-order valence-electron chi connectivity index (χ3n) is 4.29. The van der Waals surface area contributed by atoms with Crippen molar-refractivity contribution in [2.24, 2.45) is 0 Å². The average molecular weight is 350 g/mol. The number of amides is 1. The van der Waals surface area contributed by atoms with Crippen LogP contribution in [0.3, 0.4) is 0 Å². The van der Waals surface area contributed by atoms with Gasteiger partial charge in [0.05, 0.1) is 33.0 Å². The summed E-state index contributed by atoms with van der Waals surface area (Å²) in [5, 5.41) is 6.18. The number of hydrogen-bond donors (Lipinski definition) is 2. The van der Waals surface area contributed by atoms with Crippen molar-refractivity contribution in [3.05, 3.63) is 23.8 Å². The van der Waals surface area contributed by atoms with Crippen molar-refractivity contribution in [3.63, 3.8) is 0 Å². The van der Waals surface area contributed by atoms with E-state index in [2.05, 4.69) is 17.6 Å². The summed E-state index contributed by atoms with van der Waals surface area (Å²) in [4.78, 5) is 12.3. The molecule has 0 aliphatic carbocycles. The SMILES string of the molecule is CCCCCOc1ccc(C(C)NC(=O)C2COCCN2)cc1OC. The van der Waals surface area contributed by atoms with E-state index < -0.39 is 0 Å². The van der Waals surface area contributed by atoms with E-state index in [9.17, 15) is 4.79 Å². The molecule has 0 aromatic heterocycles. The minimum atomic E-state index is -0.292. The molecule has 1 heterocycles. The lowest BCUT2D eigenvalue weighted by molar-refractivity contribution is -0.126. The van der Waals surface area contributed by atoms with Crippen LogP contribution in [-0.2, 0) is 9.53 Å². The Morgan fingerprint density at radius 3 is 2.92 bits per heavy atom. The van der Waals surface area contributed by atoms with E-state index in [-0.39, 0.29) is 18.0 Å². The smallest absolute Gasteiger partial charge is 0.240 e. The number of methoxy groups -OCH3 is 1. The number of morpholine rings is 1. The molecule has 1 aromatic rings. The molecule has 2 rings (SSSR count). The van der Waals surface area contributed by atoms with Gasteiger partial charge in [-0.1, -0.05) is 25.8 Å². The number of carbonyl (C=O) groups excluding carboxylic acids is 1. The summed E-state index contributed by atoms with van der Waals surface area (Å²) in [6.07, 6.45) is 3.35. The number of rotatable bonds is 9. The van der Waals surface area contributed by atoms with E-state index in [0.29, 0.717) is 32.1 Å². The Kier molecular flexibility index (Phi) is 8.01. The molecule has 0 spiro atoms. The zero-order valence-electron chi connectivity index (χ0n) is 15.5. The molecule has 2 unspecified atom stereocenters. The summed E-state index contributed by atoms with van der Waals surface area (Å²) in [5.74, 6) is 1.38. The first-order valence-electron chi connectivity index (χ1n) is 9.08. The summed E-state index contributed by atoms with van der Waals surface area (Å²) in [7, 11) is 1.63. The quantitative estimate of drug-likeness (QED) is 0.670. The fourth-order valence-corrected chi connectivity index (χ4v) is 2.74. The number of unbranched alkanes of at least 4 members (excludes halogenated alkanes) is 2.